The van der Waals surface area contributed by atoms with E-state index < -0.39 is 12.1 Å². The van der Waals surface area contributed by atoms with Crippen molar-refractivity contribution in [1.82, 2.24) is 0 Å². The molecule has 0 fully saturated rings. The largest absolute Gasteiger partial charge is 0.323 e. The highest BCUT2D eigenvalue weighted by Gasteiger charge is 2.18. The van der Waals surface area contributed by atoms with Crippen LogP contribution in [-0.4, -0.2) is 5.91 Å². The fraction of sp³-hybridized carbons (Fsp3) is 0.0714. The third-order valence-corrected chi connectivity index (χ3v) is 2.36. The van der Waals surface area contributed by atoms with Crippen molar-refractivity contribution in [3.63, 3.8) is 0 Å². The van der Waals surface area contributed by atoms with Gasteiger partial charge in [0.05, 0.1) is 0 Å². The minimum Gasteiger partial charge on any atom is -0.323 e. The number of amides is 1. The van der Waals surface area contributed by atoms with Gasteiger partial charge in [-0.3, -0.25) is 4.79 Å². The molecular formula is C14H12FNO. The number of carbonyl (C=O) groups excluding carboxylic acids is 1. The second-order valence-corrected chi connectivity index (χ2v) is 3.63. The van der Waals surface area contributed by atoms with Gasteiger partial charge in [-0.25, -0.2) is 4.39 Å². The quantitative estimate of drug-likeness (QED) is 0.859. The number of rotatable bonds is 3. The van der Waals surface area contributed by atoms with Crippen LogP contribution in [0, 0.1) is 0 Å². The van der Waals surface area contributed by atoms with Gasteiger partial charge in [-0.15, -0.1) is 0 Å². The smallest absolute Gasteiger partial charge is 0.263 e. The van der Waals surface area contributed by atoms with E-state index in [2.05, 4.69) is 5.32 Å². The maximum atomic E-state index is 13.8. The van der Waals surface area contributed by atoms with Crippen LogP contribution < -0.4 is 5.32 Å². The van der Waals surface area contributed by atoms with Crippen LogP contribution in [-0.2, 0) is 4.79 Å². The van der Waals surface area contributed by atoms with Crippen molar-refractivity contribution in [1.29, 1.82) is 0 Å². The standard InChI is InChI=1S/C14H12FNO/c15-13(11-7-3-1-4-8-11)14(17)16-12-9-5-2-6-10-12/h1-10,13H,(H,16,17). The normalized spacial score (nSPS) is 11.8. The van der Waals surface area contributed by atoms with Crippen LogP contribution in [0.25, 0.3) is 0 Å². The molecule has 17 heavy (non-hydrogen) atoms. The van der Waals surface area contributed by atoms with Gasteiger partial charge in [0.1, 0.15) is 0 Å². The molecule has 2 rings (SSSR count). The van der Waals surface area contributed by atoms with Crippen LogP contribution in [0.2, 0.25) is 0 Å². The van der Waals surface area contributed by atoms with E-state index in [-0.39, 0.29) is 0 Å². The van der Waals surface area contributed by atoms with E-state index in [0.29, 0.717) is 11.3 Å². The Balaban J connectivity index is 2.06. The number of anilines is 1. The summed E-state index contributed by atoms with van der Waals surface area (Å²) in [5.41, 5.74) is 0.956. The Kier molecular flexibility index (Phi) is 3.50. The molecule has 1 atom stereocenters. The fourth-order valence-corrected chi connectivity index (χ4v) is 1.50. The Bertz CT molecular complexity index is 484. The molecule has 2 aromatic carbocycles. The molecule has 0 aromatic heterocycles. The highest BCUT2D eigenvalue weighted by Crippen LogP contribution is 2.19. The van der Waals surface area contributed by atoms with Crippen LogP contribution in [0.15, 0.2) is 60.7 Å². The number of carbonyl (C=O) groups is 1. The lowest BCUT2D eigenvalue weighted by Gasteiger charge is -2.09. The lowest BCUT2D eigenvalue weighted by Crippen LogP contribution is -2.17. The van der Waals surface area contributed by atoms with Gasteiger partial charge < -0.3 is 5.32 Å². The van der Waals surface area contributed by atoms with Gasteiger partial charge in [0, 0.05) is 5.69 Å². The van der Waals surface area contributed by atoms with Crippen molar-refractivity contribution >= 4 is 11.6 Å². The Morgan fingerprint density at radius 1 is 0.941 bits per heavy atom. The average Bonchev–Trinajstić information content (AvgIpc) is 2.40. The van der Waals surface area contributed by atoms with Gasteiger partial charge in [0.25, 0.3) is 5.91 Å². The summed E-state index contributed by atoms with van der Waals surface area (Å²) in [5.74, 6) is -0.651. The molecule has 0 aliphatic carbocycles. The minimum absolute atomic E-state index is 0.362. The molecule has 0 saturated carbocycles. The first-order valence-corrected chi connectivity index (χ1v) is 5.32. The van der Waals surface area contributed by atoms with E-state index in [0.717, 1.165) is 0 Å². The maximum Gasteiger partial charge on any atom is 0.263 e. The third-order valence-electron chi connectivity index (χ3n) is 2.36. The summed E-state index contributed by atoms with van der Waals surface area (Å²) in [6, 6.07) is 17.2. The number of alkyl halides is 1. The molecule has 2 aromatic rings. The lowest BCUT2D eigenvalue weighted by atomic mass is 10.1. The van der Waals surface area contributed by atoms with E-state index in [1.807, 2.05) is 6.07 Å². The van der Waals surface area contributed by atoms with E-state index in [1.54, 1.807) is 54.6 Å². The monoisotopic (exact) mass is 229 g/mol. The Hall–Kier alpha value is -2.16. The fourth-order valence-electron chi connectivity index (χ4n) is 1.50. The van der Waals surface area contributed by atoms with Crippen LogP contribution >= 0.6 is 0 Å². The van der Waals surface area contributed by atoms with Crippen LogP contribution in [0.3, 0.4) is 0 Å². The Labute approximate surface area is 99.1 Å². The predicted molar refractivity (Wildman–Crippen MR) is 65.4 cm³/mol. The summed E-state index contributed by atoms with van der Waals surface area (Å²) in [7, 11) is 0. The molecule has 86 valence electrons. The number of nitrogens with one attached hydrogen (secondary N) is 1. The predicted octanol–water partition coefficient (Wildman–Crippen LogP) is 3.34. The van der Waals surface area contributed by atoms with Crippen LogP contribution in [0.5, 0.6) is 0 Å². The van der Waals surface area contributed by atoms with Gasteiger partial charge >= 0.3 is 0 Å². The summed E-state index contributed by atoms with van der Waals surface area (Å²) in [5, 5.41) is 2.53. The highest BCUT2D eigenvalue weighted by atomic mass is 19.1. The minimum atomic E-state index is -1.64. The van der Waals surface area contributed by atoms with Crippen molar-refractivity contribution in [2.45, 2.75) is 6.17 Å². The Morgan fingerprint density at radius 2 is 1.47 bits per heavy atom. The average molecular weight is 229 g/mol. The summed E-state index contributed by atoms with van der Waals surface area (Å²) in [4.78, 5) is 11.6. The van der Waals surface area contributed by atoms with E-state index >= 15 is 0 Å². The van der Waals surface area contributed by atoms with E-state index in [1.165, 1.54) is 0 Å². The van der Waals surface area contributed by atoms with Crippen molar-refractivity contribution in [2.24, 2.45) is 0 Å². The topological polar surface area (TPSA) is 29.1 Å². The number of halogens is 1. The number of hydrogen-bond donors (Lipinski definition) is 1. The molecule has 3 heteroatoms. The SMILES string of the molecule is O=C(Nc1ccccc1)C(F)c1ccccc1. The van der Waals surface area contributed by atoms with Gasteiger partial charge in [-0.1, -0.05) is 48.5 Å². The molecule has 0 radical (unpaired) electrons. The maximum absolute atomic E-state index is 13.8. The van der Waals surface area contributed by atoms with Gasteiger partial charge in [0.2, 0.25) is 6.17 Å². The highest BCUT2D eigenvalue weighted by molar-refractivity contribution is 5.94. The van der Waals surface area contributed by atoms with E-state index in [4.69, 9.17) is 0 Å². The molecule has 1 N–H and O–H groups in total. The second kappa shape index (κ2) is 5.25. The van der Waals surface area contributed by atoms with Crippen LogP contribution in [0.1, 0.15) is 11.7 Å². The number of para-hydroxylation sites is 1. The van der Waals surface area contributed by atoms with Crippen molar-refractivity contribution < 1.29 is 9.18 Å². The molecule has 1 amide bonds. The zero-order chi connectivity index (χ0) is 12.1. The summed E-state index contributed by atoms with van der Waals surface area (Å²) in [6.07, 6.45) is -1.64. The lowest BCUT2D eigenvalue weighted by molar-refractivity contribution is -0.121. The Morgan fingerprint density at radius 3 is 2.06 bits per heavy atom. The van der Waals surface area contributed by atoms with Crippen molar-refractivity contribution in [3.8, 4) is 0 Å². The van der Waals surface area contributed by atoms with Crippen molar-refractivity contribution in [2.75, 3.05) is 5.32 Å². The zero-order valence-corrected chi connectivity index (χ0v) is 9.14. The molecule has 0 aliphatic heterocycles. The third kappa shape index (κ3) is 2.91. The summed E-state index contributed by atoms with van der Waals surface area (Å²) >= 11 is 0. The van der Waals surface area contributed by atoms with E-state index in [9.17, 15) is 9.18 Å². The van der Waals surface area contributed by atoms with Crippen molar-refractivity contribution in [3.05, 3.63) is 66.2 Å². The molecular weight excluding hydrogens is 217 g/mol. The number of benzene rings is 2. The first-order chi connectivity index (χ1) is 8.27. The molecule has 0 aliphatic rings. The second-order valence-electron chi connectivity index (χ2n) is 3.63. The van der Waals surface area contributed by atoms with Gasteiger partial charge in [-0.05, 0) is 17.7 Å². The first kappa shape index (κ1) is 11.3. The zero-order valence-electron chi connectivity index (χ0n) is 9.14. The molecule has 1 unspecified atom stereocenters. The summed E-state index contributed by atoms with van der Waals surface area (Å²) in [6.45, 7) is 0. The van der Waals surface area contributed by atoms with Crippen LogP contribution in [0.4, 0.5) is 10.1 Å². The molecule has 0 spiro atoms. The molecule has 0 saturated heterocycles. The molecule has 2 nitrogen and oxygen atoms in total. The van der Waals surface area contributed by atoms with Gasteiger partial charge in [-0.2, -0.15) is 0 Å². The molecule has 0 bridgehead atoms. The first-order valence-electron chi connectivity index (χ1n) is 5.32. The summed E-state index contributed by atoms with van der Waals surface area (Å²) < 4.78 is 13.8. The van der Waals surface area contributed by atoms with Gasteiger partial charge in [0.15, 0.2) is 0 Å². The molecule has 0 heterocycles. The number of hydrogen-bond acceptors (Lipinski definition) is 1.